The van der Waals surface area contributed by atoms with E-state index in [0.29, 0.717) is 27.0 Å². The summed E-state index contributed by atoms with van der Waals surface area (Å²) >= 11 is 15.1. The molecule has 0 spiro atoms. The first-order valence-corrected chi connectivity index (χ1v) is 6.66. The molecule has 3 nitrogen and oxygen atoms in total. The Morgan fingerprint density at radius 1 is 1.17 bits per heavy atom. The Balaban J connectivity index is 2.34. The van der Waals surface area contributed by atoms with E-state index in [1.807, 2.05) is 24.3 Å². The van der Waals surface area contributed by atoms with Gasteiger partial charge in [0, 0.05) is 12.0 Å². The van der Waals surface area contributed by atoms with Crippen molar-refractivity contribution in [3.8, 4) is 5.75 Å². The lowest BCUT2D eigenvalue weighted by atomic mass is 10.1. The predicted octanol–water partition coefficient (Wildman–Crippen LogP) is 4.15. The van der Waals surface area contributed by atoms with Crippen LogP contribution in [0.5, 0.6) is 5.75 Å². The van der Waals surface area contributed by atoms with Gasteiger partial charge in [-0.15, -0.1) is 0 Å². The average Bonchev–Trinajstić information content (AvgIpc) is 2.36. The van der Waals surface area contributed by atoms with Crippen LogP contribution in [-0.4, -0.2) is 17.1 Å². The third-order valence-electron chi connectivity index (χ3n) is 2.36. The molecule has 18 heavy (non-hydrogen) atoms. The number of ether oxygens (including phenoxy) is 1. The molecule has 0 unspecified atom stereocenters. The van der Waals surface area contributed by atoms with Crippen molar-refractivity contribution in [3.63, 3.8) is 0 Å². The number of para-hydroxylation sites is 1. The third-order valence-corrected chi connectivity index (χ3v) is 4.11. The first kappa shape index (κ1) is 13.6. The van der Waals surface area contributed by atoms with E-state index < -0.39 is 0 Å². The van der Waals surface area contributed by atoms with Crippen molar-refractivity contribution >= 4 is 39.1 Å². The summed E-state index contributed by atoms with van der Waals surface area (Å²) in [6, 6.07) is 7.67. The number of nitrogens with zero attached hydrogens (tertiary/aromatic N) is 2. The lowest BCUT2D eigenvalue weighted by Gasteiger charge is -2.08. The van der Waals surface area contributed by atoms with Gasteiger partial charge >= 0.3 is 0 Å². The SMILES string of the molecule is COc1ccccc1Cc1nc(Cl)c(Br)c(Cl)n1. The van der Waals surface area contributed by atoms with Crippen LogP contribution in [0.3, 0.4) is 0 Å². The fourth-order valence-corrected chi connectivity index (χ4v) is 2.13. The summed E-state index contributed by atoms with van der Waals surface area (Å²) in [6.07, 6.45) is 0.511. The summed E-state index contributed by atoms with van der Waals surface area (Å²) in [5, 5.41) is 0.611. The van der Waals surface area contributed by atoms with E-state index in [1.165, 1.54) is 0 Å². The molecule has 0 radical (unpaired) electrons. The van der Waals surface area contributed by atoms with E-state index in [9.17, 15) is 0 Å². The lowest BCUT2D eigenvalue weighted by Crippen LogP contribution is -2.00. The highest BCUT2D eigenvalue weighted by molar-refractivity contribution is 9.10. The van der Waals surface area contributed by atoms with Crippen molar-refractivity contribution in [3.05, 3.63) is 50.4 Å². The Morgan fingerprint density at radius 2 is 1.78 bits per heavy atom. The second-order valence-electron chi connectivity index (χ2n) is 3.52. The van der Waals surface area contributed by atoms with Crippen LogP contribution in [0.4, 0.5) is 0 Å². The first-order valence-electron chi connectivity index (χ1n) is 5.11. The maximum absolute atomic E-state index is 5.95. The Hall–Kier alpha value is -0.840. The topological polar surface area (TPSA) is 35.0 Å². The molecule has 1 aromatic carbocycles. The van der Waals surface area contributed by atoms with E-state index in [4.69, 9.17) is 27.9 Å². The van der Waals surface area contributed by atoms with E-state index in [2.05, 4.69) is 25.9 Å². The van der Waals surface area contributed by atoms with Crippen molar-refractivity contribution in [1.29, 1.82) is 0 Å². The highest BCUT2D eigenvalue weighted by atomic mass is 79.9. The van der Waals surface area contributed by atoms with Crippen LogP contribution in [0.15, 0.2) is 28.7 Å². The van der Waals surface area contributed by atoms with Gasteiger partial charge in [-0.05, 0) is 22.0 Å². The number of aromatic nitrogens is 2. The lowest BCUT2D eigenvalue weighted by molar-refractivity contribution is 0.410. The molecule has 0 aliphatic rings. The Bertz CT molecular complexity index is 555. The summed E-state index contributed by atoms with van der Waals surface area (Å²) in [4.78, 5) is 8.34. The minimum absolute atomic E-state index is 0.305. The van der Waals surface area contributed by atoms with E-state index in [1.54, 1.807) is 7.11 Å². The number of hydrogen-bond donors (Lipinski definition) is 0. The van der Waals surface area contributed by atoms with Crippen LogP contribution >= 0.6 is 39.1 Å². The van der Waals surface area contributed by atoms with E-state index in [0.717, 1.165) is 11.3 Å². The zero-order valence-corrected chi connectivity index (χ0v) is 12.6. The van der Waals surface area contributed by atoms with E-state index in [-0.39, 0.29) is 0 Å². The van der Waals surface area contributed by atoms with Gasteiger partial charge in [0.1, 0.15) is 21.9 Å². The molecule has 6 heteroatoms. The molecule has 1 heterocycles. The van der Waals surface area contributed by atoms with Gasteiger partial charge in [-0.2, -0.15) is 0 Å². The highest BCUT2D eigenvalue weighted by Gasteiger charge is 2.11. The molecule has 1 aromatic heterocycles. The maximum atomic E-state index is 5.95. The fraction of sp³-hybridized carbons (Fsp3) is 0.167. The molecular weight excluding hydrogens is 339 g/mol. The Morgan fingerprint density at radius 3 is 2.39 bits per heavy atom. The van der Waals surface area contributed by atoms with Gasteiger partial charge in [-0.3, -0.25) is 0 Å². The minimum Gasteiger partial charge on any atom is -0.496 e. The summed E-state index contributed by atoms with van der Waals surface area (Å²) in [5.41, 5.74) is 0.981. The highest BCUT2D eigenvalue weighted by Crippen LogP contribution is 2.28. The van der Waals surface area contributed by atoms with Gasteiger partial charge in [-0.1, -0.05) is 41.4 Å². The fourth-order valence-electron chi connectivity index (χ4n) is 1.53. The second-order valence-corrected chi connectivity index (χ2v) is 5.03. The maximum Gasteiger partial charge on any atom is 0.148 e. The van der Waals surface area contributed by atoms with Gasteiger partial charge in [0.2, 0.25) is 0 Å². The quantitative estimate of drug-likeness (QED) is 0.782. The summed E-state index contributed by atoms with van der Waals surface area (Å²) in [7, 11) is 1.63. The molecule has 0 N–H and O–H groups in total. The summed E-state index contributed by atoms with van der Waals surface area (Å²) in [5.74, 6) is 1.34. The smallest absolute Gasteiger partial charge is 0.148 e. The van der Waals surface area contributed by atoms with Gasteiger partial charge in [0.15, 0.2) is 0 Å². The molecule has 0 saturated heterocycles. The van der Waals surface area contributed by atoms with Crippen molar-refractivity contribution < 1.29 is 4.74 Å². The second kappa shape index (κ2) is 5.87. The van der Waals surface area contributed by atoms with Crippen molar-refractivity contribution in [2.75, 3.05) is 7.11 Å². The number of hydrogen-bond acceptors (Lipinski definition) is 3. The number of rotatable bonds is 3. The Labute approximate surface area is 123 Å². The molecule has 0 bridgehead atoms. The van der Waals surface area contributed by atoms with Gasteiger partial charge < -0.3 is 4.74 Å². The van der Waals surface area contributed by atoms with Crippen molar-refractivity contribution in [1.82, 2.24) is 9.97 Å². The molecule has 0 fully saturated rings. The molecular formula is C12H9BrCl2N2O. The molecule has 94 valence electrons. The number of halogens is 3. The zero-order valence-electron chi connectivity index (χ0n) is 9.45. The van der Waals surface area contributed by atoms with Crippen LogP contribution in [0.25, 0.3) is 0 Å². The van der Waals surface area contributed by atoms with Crippen LogP contribution < -0.4 is 4.74 Å². The van der Waals surface area contributed by atoms with Crippen LogP contribution in [0, 0.1) is 0 Å². The van der Waals surface area contributed by atoms with Gasteiger partial charge in [0.25, 0.3) is 0 Å². The third kappa shape index (κ3) is 2.94. The monoisotopic (exact) mass is 346 g/mol. The van der Waals surface area contributed by atoms with Crippen LogP contribution in [-0.2, 0) is 6.42 Å². The van der Waals surface area contributed by atoms with Gasteiger partial charge in [0.05, 0.1) is 11.6 Å². The predicted molar refractivity (Wildman–Crippen MR) is 75.6 cm³/mol. The minimum atomic E-state index is 0.305. The van der Waals surface area contributed by atoms with Crippen molar-refractivity contribution in [2.45, 2.75) is 6.42 Å². The molecule has 0 amide bonds. The van der Waals surface area contributed by atoms with Crippen LogP contribution in [0.2, 0.25) is 10.3 Å². The number of methoxy groups -OCH3 is 1. The molecule has 2 rings (SSSR count). The van der Waals surface area contributed by atoms with E-state index >= 15 is 0 Å². The van der Waals surface area contributed by atoms with Gasteiger partial charge in [-0.25, -0.2) is 9.97 Å². The normalized spacial score (nSPS) is 10.4. The average molecular weight is 348 g/mol. The largest absolute Gasteiger partial charge is 0.496 e. The standard InChI is InChI=1S/C12H9BrCl2N2O/c1-18-8-5-3-2-4-7(8)6-9-16-11(14)10(13)12(15)17-9/h2-5H,6H2,1H3. The van der Waals surface area contributed by atoms with Crippen LogP contribution in [0.1, 0.15) is 11.4 Å². The van der Waals surface area contributed by atoms with Crippen molar-refractivity contribution in [2.24, 2.45) is 0 Å². The summed E-state index contributed by atoms with van der Waals surface area (Å²) in [6.45, 7) is 0. The molecule has 2 aromatic rings. The summed E-state index contributed by atoms with van der Waals surface area (Å²) < 4.78 is 5.78. The zero-order chi connectivity index (χ0) is 13.1. The number of benzene rings is 1. The molecule has 0 aliphatic carbocycles. The molecule has 0 aliphatic heterocycles. The molecule has 0 atom stereocenters. The molecule has 0 saturated carbocycles. The first-order chi connectivity index (χ1) is 8.61. The Kier molecular flexibility index (Phi) is 4.43.